The second kappa shape index (κ2) is 10.3. The van der Waals surface area contributed by atoms with Crippen molar-refractivity contribution in [1.82, 2.24) is 15.1 Å². The molecule has 1 saturated carbocycles. The first-order valence-electron chi connectivity index (χ1n) is 11.5. The molecule has 1 aliphatic rings. The monoisotopic (exact) mass is 505 g/mol. The zero-order valence-electron chi connectivity index (χ0n) is 19.5. The van der Waals surface area contributed by atoms with E-state index in [4.69, 9.17) is 21.4 Å². The van der Waals surface area contributed by atoms with Gasteiger partial charge in [0.25, 0.3) is 5.91 Å². The van der Waals surface area contributed by atoms with Crippen LogP contribution >= 0.6 is 11.6 Å². The molecule has 0 aliphatic heterocycles. The maximum atomic E-state index is 13.0. The number of carbonyl (C=O) groups is 1. The molecule has 0 bridgehead atoms. The minimum Gasteiger partial charge on any atom is -0.497 e. The molecule has 5 nitrogen and oxygen atoms in total. The fraction of sp³-hybridized carbons (Fsp3) is 0.385. The molecule has 0 radical (unpaired) electrons. The van der Waals surface area contributed by atoms with Crippen molar-refractivity contribution in [3.05, 3.63) is 70.4 Å². The molecule has 3 aromatic rings. The summed E-state index contributed by atoms with van der Waals surface area (Å²) in [5.41, 5.74) is 1.96. The highest BCUT2D eigenvalue weighted by Crippen LogP contribution is 2.32. The first-order valence-corrected chi connectivity index (χ1v) is 11.9. The van der Waals surface area contributed by atoms with E-state index in [1.807, 2.05) is 35.9 Å². The van der Waals surface area contributed by atoms with Crippen molar-refractivity contribution in [3.63, 3.8) is 0 Å². The molecular formula is C26H27ClF3N3O2. The van der Waals surface area contributed by atoms with Crippen LogP contribution in [0.1, 0.15) is 47.3 Å². The molecule has 1 amide bonds. The summed E-state index contributed by atoms with van der Waals surface area (Å²) in [7, 11) is 1.63. The highest BCUT2D eigenvalue weighted by atomic mass is 35.5. The number of ether oxygens (including phenoxy) is 1. The van der Waals surface area contributed by atoms with E-state index in [9.17, 15) is 18.0 Å². The van der Waals surface area contributed by atoms with Crippen LogP contribution in [0.25, 0.3) is 11.3 Å². The first-order chi connectivity index (χ1) is 16.6. The lowest BCUT2D eigenvalue weighted by Gasteiger charge is -2.29. The Morgan fingerprint density at radius 1 is 1.11 bits per heavy atom. The van der Waals surface area contributed by atoms with Crippen LogP contribution in [0.2, 0.25) is 5.02 Å². The number of hydrogen-bond donors (Lipinski definition) is 1. The van der Waals surface area contributed by atoms with E-state index >= 15 is 0 Å². The predicted octanol–water partition coefficient (Wildman–Crippen LogP) is 6.53. The summed E-state index contributed by atoms with van der Waals surface area (Å²) in [5, 5.41) is 7.64. The van der Waals surface area contributed by atoms with Crippen LogP contribution in [0.15, 0.2) is 48.5 Å². The van der Waals surface area contributed by atoms with Gasteiger partial charge in [-0.3, -0.25) is 9.48 Å². The average Bonchev–Trinajstić information content (AvgIpc) is 3.19. The average molecular weight is 506 g/mol. The third-order valence-corrected chi connectivity index (χ3v) is 6.85. The SMILES string of the molecule is COc1ccc(-c2cc(C)n(CC3CCC(NC(=O)c4cc(C(F)(F)F)ccc4Cl)CC3)n2)cc1. The van der Waals surface area contributed by atoms with Gasteiger partial charge in [-0.1, -0.05) is 11.6 Å². The molecule has 1 heterocycles. The highest BCUT2D eigenvalue weighted by Gasteiger charge is 2.32. The van der Waals surface area contributed by atoms with Gasteiger partial charge in [0.2, 0.25) is 0 Å². The van der Waals surface area contributed by atoms with E-state index < -0.39 is 17.6 Å². The maximum absolute atomic E-state index is 13.0. The van der Waals surface area contributed by atoms with Gasteiger partial charge in [-0.05, 0) is 87.1 Å². The molecule has 1 N–H and O–H groups in total. The molecule has 1 fully saturated rings. The number of nitrogens with one attached hydrogen (secondary N) is 1. The molecule has 186 valence electrons. The van der Waals surface area contributed by atoms with Gasteiger partial charge < -0.3 is 10.1 Å². The Labute approximate surface area is 207 Å². The van der Waals surface area contributed by atoms with Crippen molar-refractivity contribution < 1.29 is 22.7 Å². The number of rotatable bonds is 6. The van der Waals surface area contributed by atoms with Crippen molar-refractivity contribution in [2.45, 2.75) is 51.4 Å². The van der Waals surface area contributed by atoms with E-state index in [0.717, 1.165) is 73.1 Å². The maximum Gasteiger partial charge on any atom is 0.416 e. The Morgan fingerprint density at radius 3 is 2.43 bits per heavy atom. The molecule has 0 atom stereocenters. The Morgan fingerprint density at radius 2 is 1.80 bits per heavy atom. The summed E-state index contributed by atoms with van der Waals surface area (Å²) in [6.07, 6.45) is -1.26. The van der Waals surface area contributed by atoms with Crippen LogP contribution in [0.5, 0.6) is 5.75 Å². The van der Waals surface area contributed by atoms with Crippen LogP contribution < -0.4 is 10.1 Å². The lowest BCUT2D eigenvalue weighted by molar-refractivity contribution is -0.137. The van der Waals surface area contributed by atoms with Gasteiger partial charge in [0, 0.05) is 23.8 Å². The molecule has 1 aromatic heterocycles. The Balaban J connectivity index is 1.33. The van der Waals surface area contributed by atoms with Crippen molar-refractivity contribution in [1.29, 1.82) is 0 Å². The Bertz CT molecular complexity index is 1180. The number of aryl methyl sites for hydroxylation is 1. The Hall–Kier alpha value is -3.00. The van der Waals surface area contributed by atoms with E-state index in [1.54, 1.807) is 7.11 Å². The summed E-state index contributed by atoms with van der Waals surface area (Å²) in [6.45, 7) is 2.81. The van der Waals surface area contributed by atoms with Gasteiger partial charge in [-0.2, -0.15) is 18.3 Å². The standard InChI is InChI=1S/C26H27ClF3N3O2/c1-16-13-24(18-5-10-21(35-2)11-6-18)32-33(16)15-17-3-8-20(9-4-17)31-25(34)22-14-19(26(28,29)30)7-12-23(22)27/h5-7,10-14,17,20H,3-4,8-9,15H2,1-2H3,(H,31,34). The number of nitrogens with zero attached hydrogens (tertiary/aromatic N) is 2. The third kappa shape index (κ3) is 5.99. The number of aromatic nitrogens is 2. The molecule has 0 saturated heterocycles. The van der Waals surface area contributed by atoms with Crippen LogP contribution in [0, 0.1) is 12.8 Å². The third-order valence-electron chi connectivity index (χ3n) is 6.52. The fourth-order valence-corrected chi connectivity index (χ4v) is 4.67. The normalized spacial score (nSPS) is 18.3. The number of benzene rings is 2. The topological polar surface area (TPSA) is 56.1 Å². The number of amides is 1. The van der Waals surface area contributed by atoms with E-state index in [-0.39, 0.29) is 16.6 Å². The largest absolute Gasteiger partial charge is 0.497 e. The van der Waals surface area contributed by atoms with Gasteiger partial charge in [-0.25, -0.2) is 0 Å². The number of hydrogen-bond acceptors (Lipinski definition) is 3. The van der Waals surface area contributed by atoms with Crippen molar-refractivity contribution in [2.24, 2.45) is 5.92 Å². The number of alkyl halides is 3. The van der Waals surface area contributed by atoms with Crippen LogP contribution in [0.3, 0.4) is 0 Å². The van der Waals surface area contributed by atoms with Crippen molar-refractivity contribution in [2.75, 3.05) is 7.11 Å². The second-order valence-electron chi connectivity index (χ2n) is 8.97. The summed E-state index contributed by atoms with van der Waals surface area (Å²) >= 11 is 6.00. The summed E-state index contributed by atoms with van der Waals surface area (Å²) in [5.74, 6) is 0.628. The number of methoxy groups -OCH3 is 1. The first kappa shape index (κ1) is 25.1. The second-order valence-corrected chi connectivity index (χ2v) is 9.37. The molecule has 0 unspecified atom stereocenters. The van der Waals surface area contributed by atoms with E-state index in [0.29, 0.717) is 5.92 Å². The Kier molecular flexibility index (Phi) is 7.40. The van der Waals surface area contributed by atoms with Crippen LogP contribution in [0.4, 0.5) is 13.2 Å². The summed E-state index contributed by atoms with van der Waals surface area (Å²) in [4.78, 5) is 12.6. The molecule has 9 heteroatoms. The zero-order chi connectivity index (χ0) is 25.2. The zero-order valence-corrected chi connectivity index (χ0v) is 20.3. The van der Waals surface area contributed by atoms with Gasteiger partial charge >= 0.3 is 6.18 Å². The summed E-state index contributed by atoms with van der Waals surface area (Å²) < 4.78 is 46.3. The molecule has 2 aromatic carbocycles. The number of halogens is 4. The predicted molar refractivity (Wildman–Crippen MR) is 129 cm³/mol. The van der Waals surface area contributed by atoms with Gasteiger partial charge in [0.1, 0.15) is 5.75 Å². The smallest absolute Gasteiger partial charge is 0.416 e. The van der Waals surface area contributed by atoms with Crippen molar-refractivity contribution in [3.8, 4) is 17.0 Å². The van der Waals surface area contributed by atoms with Crippen molar-refractivity contribution >= 4 is 17.5 Å². The molecule has 0 spiro atoms. The lowest BCUT2D eigenvalue weighted by Crippen LogP contribution is -2.38. The van der Waals surface area contributed by atoms with Gasteiger partial charge in [0.05, 0.1) is 29.0 Å². The number of carbonyl (C=O) groups excluding carboxylic acids is 1. The molecule has 1 aliphatic carbocycles. The molecular weight excluding hydrogens is 479 g/mol. The highest BCUT2D eigenvalue weighted by molar-refractivity contribution is 6.33. The van der Waals surface area contributed by atoms with E-state index in [1.165, 1.54) is 0 Å². The fourth-order valence-electron chi connectivity index (χ4n) is 4.47. The van der Waals surface area contributed by atoms with E-state index in [2.05, 4.69) is 11.4 Å². The quantitative estimate of drug-likeness (QED) is 0.414. The van der Waals surface area contributed by atoms with Gasteiger partial charge in [0.15, 0.2) is 0 Å². The molecule has 35 heavy (non-hydrogen) atoms. The lowest BCUT2D eigenvalue weighted by atomic mass is 9.86. The minimum absolute atomic E-state index is 0.00556. The van der Waals surface area contributed by atoms with Crippen LogP contribution in [-0.2, 0) is 12.7 Å². The minimum atomic E-state index is -4.53. The van der Waals surface area contributed by atoms with Gasteiger partial charge in [-0.15, -0.1) is 0 Å². The molecule has 4 rings (SSSR count). The summed E-state index contributed by atoms with van der Waals surface area (Å²) in [6, 6.07) is 12.5. The van der Waals surface area contributed by atoms with Crippen LogP contribution in [-0.4, -0.2) is 28.8 Å².